The van der Waals surface area contributed by atoms with E-state index >= 15 is 0 Å². The summed E-state index contributed by atoms with van der Waals surface area (Å²) in [6.45, 7) is 9.81. The molecule has 0 aliphatic carbocycles. The highest BCUT2D eigenvalue weighted by atomic mass is 32.2. The average molecular weight is 488 g/mol. The van der Waals surface area contributed by atoms with Gasteiger partial charge in [-0.05, 0) is 59.7 Å². The Morgan fingerprint density at radius 3 is 2.18 bits per heavy atom. The van der Waals surface area contributed by atoms with Gasteiger partial charge in [0.25, 0.3) is 10.1 Å². The fourth-order valence-electron chi connectivity index (χ4n) is 3.61. The van der Waals surface area contributed by atoms with E-state index in [1.165, 1.54) is 6.07 Å². The van der Waals surface area contributed by atoms with E-state index in [-0.39, 0.29) is 4.90 Å². The summed E-state index contributed by atoms with van der Waals surface area (Å²) < 4.78 is 39.0. The van der Waals surface area contributed by atoms with Crippen molar-refractivity contribution in [3.05, 3.63) is 88.3 Å². The first kappa shape index (κ1) is 25.0. The highest BCUT2D eigenvalue weighted by molar-refractivity contribution is 7.94. The fourth-order valence-corrected chi connectivity index (χ4v) is 4.80. The maximum Gasteiger partial charge on any atom is 0.295 e. The van der Waals surface area contributed by atoms with Crippen LogP contribution in [0.5, 0.6) is 0 Å². The van der Waals surface area contributed by atoms with E-state index in [0.29, 0.717) is 28.1 Å². The van der Waals surface area contributed by atoms with Crippen LogP contribution in [-0.4, -0.2) is 31.3 Å². The minimum Gasteiger partial charge on any atom is -0.372 e. The number of rotatable bonds is 9. The van der Waals surface area contributed by atoms with Crippen molar-refractivity contribution in [2.75, 3.05) is 18.0 Å². The lowest BCUT2D eigenvalue weighted by molar-refractivity contribution is -0.432. The van der Waals surface area contributed by atoms with Crippen molar-refractivity contribution in [3.8, 4) is 0 Å². The molecule has 0 spiro atoms. The summed E-state index contributed by atoms with van der Waals surface area (Å²) in [4.78, 5) is 2.22. The third kappa shape index (κ3) is 6.02. The first-order valence-electron chi connectivity index (χ1n) is 10.2. The number of anilines is 1. The van der Waals surface area contributed by atoms with Gasteiger partial charge < -0.3 is 4.90 Å². The SMILES string of the molecule is C=c1ccc(=C(c2ccc(N(CC)CC)cc2)c2ccc(SOOO)cc2S(=O)(=O)O)cc1. The van der Waals surface area contributed by atoms with Gasteiger partial charge in [0.2, 0.25) is 0 Å². The third-order valence-corrected chi connectivity index (χ3v) is 6.66. The van der Waals surface area contributed by atoms with E-state index in [9.17, 15) is 13.0 Å². The Morgan fingerprint density at radius 2 is 1.64 bits per heavy atom. The lowest BCUT2D eigenvalue weighted by atomic mass is 9.95. The maximum absolute atomic E-state index is 12.3. The zero-order chi connectivity index (χ0) is 24.0. The molecular weight excluding hydrogens is 462 g/mol. The molecule has 0 atom stereocenters. The van der Waals surface area contributed by atoms with Gasteiger partial charge in [0.1, 0.15) is 4.90 Å². The molecule has 0 aliphatic heterocycles. The summed E-state index contributed by atoms with van der Waals surface area (Å²) in [5, 5.41) is 13.6. The molecule has 174 valence electrons. The van der Waals surface area contributed by atoms with Gasteiger partial charge in [-0.3, -0.25) is 4.55 Å². The van der Waals surface area contributed by atoms with Crippen molar-refractivity contribution >= 4 is 40.0 Å². The quantitative estimate of drug-likeness (QED) is 0.203. The maximum atomic E-state index is 12.3. The van der Waals surface area contributed by atoms with Crippen molar-refractivity contribution in [3.63, 3.8) is 0 Å². The summed E-state index contributed by atoms with van der Waals surface area (Å²) in [6, 6.07) is 19.7. The minimum absolute atomic E-state index is 0.296. The minimum atomic E-state index is -4.59. The molecule has 0 saturated heterocycles. The van der Waals surface area contributed by atoms with E-state index in [0.717, 1.165) is 34.8 Å². The third-order valence-electron chi connectivity index (χ3n) is 5.19. The largest absolute Gasteiger partial charge is 0.372 e. The molecular formula is C24H25NO6S2. The van der Waals surface area contributed by atoms with Crippen LogP contribution in [0.1, 0.15) is 25.0 Å². The molecule has 2 N–H and O–H groups in total. The van der Waals surface area contributed by atoms with Crippen molar-refractivity contribution in [1.82, 2.24) is 0 Å². The highest BCUT2D eigenvalue weighted by Crippen LogP contribution is 2.32. The van der Waals surface area contributed by atoms with Gasteiger partial charge in [-0.1, -0.05) is 54.1 Å². The average Bonchev–Trinajstić information content (AvgIpc) is 2.80. The van der Waals surface area contributed by atoms with Gasteiger partial charge in [-0.2, -0.15) is 8.42 Å². The van der Waals surface area contributed by atoms with Crippen molar-refractivity contribution in [2.24, 2.45) is 0 Å². The summed E-state index contributed by atoms with van der Waals surface area (Å²) >= 11 is 0.604. The van der Waals surface area contributed by atoms with Crippen LogP contribution in [0.15, 0.2) is 76.5 Å². The van der Waals surface area contributed by atoms with Crippen LogP contribution in [-0.2, 0) is 19.5 Å². The van der Waals surface area contributed by atoms with Gasteiger partial charge in [0.05, 0.1) is 12.0 Å². The predicted octanol–water partition coefficient (Wildman–Crippen LogP) is 3.87. The molecule has 3 aromatic carbocycles. The van der Waals surface area contributed by atoms with Crippen LogP contribution in [0.4, 0.5) is 5.69 Å². The molecule has 0 amide bonds. The normalized spacial score (nSPS) is 11.4. The summed E-state index contributed by atoms with van der Waals surface area (Å²) in [5.74, 6) is 0. The first-order chi connectivity index (χ1) is 15.8. The summed E-state index contributed by atoms with van der Waals surface area (Å²) in [6.07, 6.45) is 0. The smallest absolute Gasteiger partial charge is 0.295 e. The predicted molar refractivity (Wildman–Crippen MR) is 130 cm³/mol. The number of nitrogens with zero attached hydrogens (tertiary/aromatic N) is 1. The van der Waals surface area contributed by atoms with Gasteiger partial charge in [-0.15, -0.1) is 4.33 Å². The molecule has 3 rings (SSSR count). The van der Waals surface area contributed by atoms with E-state index in [1.807, 2.05) is 48.5 Å². The van der Waals surface area contributed by atoms with E-state index in [2.05, 4.69) is 34.7 Å². The lowest BCUT2D eigenvalue weighted by Crippen LogP contribution is -2.21. The van der Waals surface area contributed by atoms with Crippen LogP contribution >= 0.6 is 12.0 Å². The van der Waals surface area contributed by atoms with Crippen LogP contribution < -0.4 is 15.3 Å². The summed E-state index contributed by atoms with van der Waals surface area (Å²) in [7, 11) is -4.59. The number of hydrogen-bond acceptors (Lipinski definition) is 7. The van der Waals surface area contributed by atoms with Gasteiger partial charge >= 0.3 is 0 Å². The van der Waals surface area contributed by atoms with Crippen LogP contribution in [0.25, 0.3) is 12.2 Å². The lowest BCUT2D eigenvalue weighted by Gasteiger charge is -2.21. The Balaban J connectivity index is 2.28. The zero-order valence-corrected chi connectivity index (χ0v) is 19.9. The zero-order valence-electron chi connectivity index (χ0n) is 18.3. The van der Waals surface area contributed by atoms with Gasteiger partial charge in [-0.25, -0.2) is 5.26 Å². The molecule has 7 nitrogen and oxygen atoms in total. The number of hydrogen-bond donors (Lipinski definition) is 2. The van der Waals surface area contributed by atoms with Crippen LogP contribution in [0, 0.1) is 0 Å². The molecule has 9 heteroatoms. The standard InChI is InChI=1S/C24H25NO6S2/c1-4-25(5-2)20-12-10-19(11-13-20)24(18-8-6-17(3)7-9-18)22-15-14-21(32-31-30-26)16-23(22)33(27,28)29/h6-16,26H,3-5H2,1-2H3,(H,27,28,29). The van der Waals surface area contributed by atoms with Crippen LogP contribution in [0.2, 0.25) is 0 Å². The second-order valence-electron chi connectivity index (χ2n) is 7.15. The van der Waals surface area contributed by atoms with E-state index in [4.69, 9.17) is 5.26 Å². The highest BCUT2D eigenvalue weighted by Gasteiger charge is 2.21. The molecule has 0 saturated carbocycles. The monoisotopic (exact) mass is 487 g/mol. The molecule has 33 heavy (non-hydrogen) atoms. The topological polar surface area (TPSA) is 96.3 Å². The van der Waals surface area contributed by atoms with Gasteiger partial charge in [0.15, 0.2) is 0 Å². The molecule has 0 fully saturated rings. The first-order valence-corrected chi connectivity index (χ1v) is 12.4. The van der Waals surface area contributed by atoms with E-state index in [1.54, 1.807) is 12.1 Å². The summed E-state index contributed by atoms with van der Waals surface area (Å²) in [5.41, 5.74) is 2.78. The van der Waals surface area contributed by atoms with Gasteiger partial charge in [0, 0.05) is 29.2 Å². The molecule has 0 aromatic heterocycles. The second-order valence-corrected chi connectivity index (χ2v) is 9.31. The van der Waals surface area contributed by atoms with Crippen molar-refractivity contribution in [1.29, 1.82) is 0 Å². The molecule has 0 bridgehead atoms. The molecule has 3 aromatic rings. The Labute approximate surface area is 197 Å². The molecule has 0 aliphatic rings. The Bertz CT molecular complexity index is 1300. The van der Waals surface area contributed by atoms with E-state index < -0.39 is 10.1 Å². The Morgan fingerprint density at radius 1 is 1.00 bits per heavy atom. The second kappa shape index (κ2) is 11.0. The molecule has 0 unspecified atom stereocenters. The Kier molecular flexibility index (Phi) is 8.30. The molecule has 0 radical (unpaired) electrons. The molecule has 0 heterocycles. The fraction of sp³-hybridized carbons (Fsp3) is 0.167. The van der Waals surface area contributed by atoms with Crippen molar-refractivity contribution < 1.29 is 27.6 Å². The Hall–Kier alpha value is -2.66. The van der Waals surface area contributed by atoms with Crippen LogP contribution in [0.3, 0.4) is 0 Å². The van der Waals surface area contributed by atoms with Crippen molar-refractivity contribution in [2.45, 2.75) is 23.6 Å². The number of benzene rings is 3.